The van der Waals surface area contributed by atoms with Crippen molar-refractivity contribution in [3.8, 4) is 17.1 Å². The van der Waals surface area contributed by atoms with Crippen molar-refractivity contribution >= 4 is 17.3 Å². The van der Waals surface area contributed by atoms with E-state index in [1.165, 1.54) is 28.9 Å². The second-order valence-electron chi connectivity index (χ2n) is 4.28. The summed E-state index contributed by atoms with van der Waals surface area (Å²) < 4.78 is 28.6. The largest absolute Gasteiger partial charge is 0.399 e. The number of hydrogen-bond acceptors (Lipinski definition) is 4. The highest BCUT2D eigenvalue weighted by Gasteiger charge is 2.16. The Balaban J connectivity index is 2.17. The predicted octanol–water partition coefficient (Wildman–Crippen LogP) is 2.84. The first kappa shape index (κ1) is 13.4. The SMILES string of the molecule is Nc1ccc(-c2nnnn2-c2cc(F)cc(Cl)c2)c(F)c1. The number of hydrogen-bond donors (Lipinski definition) is 1. The Hall–Kier alpha value is -2.54. The van der Waals surface area contributed by atoms with E-state index in [-0.39, 0.29) is 27.8 Å². The Morgan fingerprint density at radius 3 is 2.62 bits per heavy atom. The molecule has 3 rings (SSSR count). The van der Waals surface area contributed by atoms with Crippen molar-refractivity contribution in [2.24, 2.45) is 0 Å². The lowest BCUT2D eigenvalue weighted by molar-refractivity contribution is 0.624. The minimum absolute atomic E-state index is 0.120. The molecular formula is C13H8ClF2N5. The first-order valence-corrected chi connectivity index (χ1v) is 6.22. The summed E-state index contributed by atoms with van der Waals surface area (Å²) in [5.74, 6) is -1.00. The Bertz CT molecular complexity index is 798. The summed E-state index contributed by atoms with van der Waals surface area (Å²) in [6, 6.07) is 7.95. The van der Waals surface area contributed by atoms with Crippen molar-refractivity contribution in [2.45, 2.75) is 0 Å². The second-order valence-corrected chi connectivity index (χ2v) is 4.72. The molecule has 0 spiro atoms. The minimum Gasteiger partial charge on any atom is -0.399 e. The van der Waals surface area contributed by atoms with Crippen LogP contribution in [-0.2, 0) is 0 Å². The molecule has 0 atom stereocenters. The van der Waals surface area contributed by atoms with E-state index in [0.29, 0.717) is 0 Å². The maximum absolute atomic E-state index is 14.0. The first-order chi connectivity index (χ1) is 10.0. The van der Waals surface area contributed by atoms with Gasteiger partial charge in [-0.3, -0.25) is 0 Å². The van der Waals surface area contributed by atoms with E-state index < -0.39 is 11.6 Å². The van der Waals surface area contributed by atoms with E-state index in [1.807, 2.05) is 0 Å². The molecule has 1 heterocycles. The molecule has 0 bridgehead atoms. The summed E-state index contributed by atoms with van der Waals surface area (Å²) in [4.78, 5) is 0. The van der Waals surface area contributed by atoms with Gasteiger partial charge in [-0.05, 0) is 46.8 Å². The lowest BCUT2D eigenvalue weighted by Gasteiger charge is -2.06. The third-order valence-corrected chi connectivity index (χ3v) is 3.01. The van der Waals surface area contributed by atoms with Crippen LogP contribution in [-0.4, -0.2) is 20.2 Å². The van der Waals surface area contributed by atoms with Crippen LogP contribution in [0.25, 0.3) is 17.1 Å². The summed E-state index contributed by atoms with van der Waals surface area (Å²) in [6.45, 7) is 0. The van der Waals surface area contributed by atoms with Gasteiger partial charge in [-0.1, -0.05) is 11.6 Å². The number of rotatable bonds is 2. The molecule has 0 saturated heterocycles. The van der Waals surface area contributed by atoms with Crippen molar-refractivity contribution in [1.29, 1.82) is 0 Å². The Labute approximate surface area is 123 Å². The van der Waals surface area contributed by atoms with Gasteiger partial charge in [0.25, 0.3) is 0 Å². The fourth-order valence-corrected chi connectivity index (χ4v) is 2.12. The maximum atomic E-state index is 14.0. The van der Waals surface area contributed by atoms with Gasteiger partial charge in [0, 0.05) is 10.7 Å². The van der Waals surface area contributed by atoms with Crippen LogP contribution in [0, 0.1) is 11.6 Å². The zero-order valence-corrected chi connectivity index (χ0v) is 11.2. The normalized spacial score (nSPS) is 10.8. The molecule has 2 N–H and O–H groups in total. The zero-order valence-electron chi connectivity index (χ0n) is 10.5. The summed E-state index contributed by atoms with van der Waals surface area (Å²) >= 11 is 5.80. The molecule has 106 valence electrons. The summed E-state index contributed by atoms with van der Waals surface area (Å²) in [5.41, 5.74) is 6.22. The molecule has 3 aromatic rings. The highest BCUT2D eigenvalue weighted by atomic mass is 35.5. The van der Waals surface area contributed by atoms with Crippen molar-refractivity contribution in [3.63, 3.8) is 0 Å². The van der Waals surface area contributed by atoms with Crippen LogP contribution in [0.3, 0.4) is 0 Å². The van der Waals surface area contributed by atoms with E-state index in [0.717, 1.165) is 12.1 Å². The van der Waals surface area contributed by atoms with Gasteiger partial charge in [0.1, 0.15) is 11.6 Å². The molecule has 8 heteroatoms. The molecule has 0 amide bonds. The standard InChI is InChI=1S/C13H8ClF2N5/c14-7-3-8(15)5-10(4-7)21-13(18-19-20-21)11-2-1-9(17)6-12(11)16/h1-6H,17H2. The molecule has 0 aliphatic heterocycles. The van der Waals surface area contributed by atoms with Crippen LogP contribution in [0.15, 0.2) is 36.4 Å². The van der Waals surface area contributed by atoms with Gasteiger partial charge in [0.15, 0.2) is 5.82 Å². The average molecular weight is 308 g/mol. The Morgan fingerprint density at radius 2 is 1.90 bits per heavy atom. The number of aromatic nitrogens is 4. The van der Waals surface area contributed by atoms with Gasteiger partial charge < -0.3 is 5.73 Å². The van der Waals surface area contributed by atoms with Crippen molar-refractivity contribution in [3.05, 3.63) is 53.1 Å². The molecule has 0 unspecified atom stereocenters. The van der Waals surface area contributed by atoms with Crippen LogP contribution in [0.1, 0.15) is 0 Å². The van der Waals surface area contributed by atoms with Crippen LogP contribution >= 0.6 is 11.6 Å². The van der Waals surface area contributed by atoms with Crippen molar-refractivity contribution in [1.82, 2.24) is 20.2 Å². The molecule has 5 nitrogen and oxygen atoms in total. The number of benzene rings is 2. The monoisotopic (exact) mass is 307 g/mol. The third kappa shape index (κ3) is 2.55. The molecule has 0 aliphatic carbocycles. The summed E-state index contributed by atoms with van der Waals surface area (Å²) in [5, 5.41) is 11.2. The molecular weight excluding hydrogens is 300 g/mol. The van der Waals surface area contributed by atoms with E-state index in [4.69, 9.17) is 17.3 Å². The lowest BCUT2D eigenvalue weighted by Crippen LogP contribution is -2.02. The second kappa shape index (κ2) is 5.10. The molecule has 0 fully saturated rings. The lowest BCUT2D eigenvalue weighted by atomic mass is 10.1. The molecule has 0 aliphatic rings. The molecule has 2 aromatic carbocycles. The van der Waals surface area contributed by atoms with Gasteiger partial charge in [-0.25, -0.2) is 8.78 Å². The van der Waals surface area contributed by atoms with E-state index in [1.54, 1.807) is 0 Å². The molecule has 1 aromatic heterocycles. The molecule has 0 radical (unpaired) electrons. The number of anilines is 1. The Kier molecular flexibility index (Phi) is 3.26. The fourth-order valence-electron chi connectivity index (χ4n) is 1.90. The van der Waals surface area contributed by atoms with Gasteiger partial charge in [0.2, 0.25) is 0 Å². The van der Waals surface area contributed by atoms with Crippen LogP contribution < -0.4 is 5.73 Å². The van der Waals surface area contributed by atoms with Crippen LogP contribution in [0.5, 0.6) is 0 Å². The van der Waals surface area contributed by atoms with Crippen molar-refractivity contribution < 1.29 is 8.78 Å². The maximum Gasteiger partial charge on any atom is 0.190 e. The number of tetrazole rings is 1. The summed E-state index contributed by atoms with van der Waals surface area (Å²) in [7, 11) is 0. The van der Waals surface area contributed by atoms with Gasteiger partial charge >= 0.3 is 0 Å². The van der Waals surface area contributed by atoms with Crippen LogP contribution in [0.4, 0.5) is 14.5 Å². The van der Waals surface area contributed by atoms with Crippen molar-refractivity contribution in [2.75, 3.05) is 5.73 Å². The number of nitrogen functional groups attached to an aromatic ring is 1. The van der Waals surface area contributed by atoms with E-state index >= 15 is 0 Å². The fraction of sp³-hybridized carbons (Fsp3) is 0. The number of halogens is 3. The zero-order chi connectivity index (χ0) is 15.0. The first-order valence-electron chi connectivity index (χ1n) is 5.85. The Morgan fingerprint density at radius 1 is 1.10 bits per heavy atom. The average Bonchev–Trinajstić information content (AvgIpc) is 2.86. The molecule has 0 saturated carbocycles. The smallest absolute Gasteiger partial charge is 0.190 e. The minimum atomic E-state index is -0.575. The topological polar surface area (TPSA) is 69.6 Å². The van der Waals surface area contributed by atoms with Gasteiger partial charge in [-0.2, -0.15) is 4.68 Å². The number of nitrogens with zero attached hydrogens (tertiary/aromatic N) is 4. The number of nitrogens with two attached hydrogens (primary N) is 1. The summed E-state index contributed by atoms with van der Waals surface area (Å²) in [6.07, 6.45) is 0. The molecule has 21 heavy (non-hydrogen) atoms. The van der Waals surface area contributed by atoms with Gasteiger partial charge in [0.05, 0.1) is 11.3 Å². The highest BCUT2D eigenvalue weighted by Crippen LogP contribution is 2.25. The van der Waals surface area contributed by atoms with E-state index in [9.17, 15) is 8.78 Å². The highest BCUT2D eigenvalue weighted by molar-refractivity contribution is 6.30. The van der Waals surface area contributed by atoms with Gasteiger partial charge in [-0.15, -0.1) is 5.10 Å². The van der Waals surface area contributed by atoms with E-state index in [2.05, 4.69) is 15.5 Å². The predicted molar refractivity (Wildman–Crippen MR) is 73.9 cm³/mol. The quantitative estimate of drug-likeness (QED) is 0.739. The third-order valence-electron chi connectivity index (χ3n) is 2.80. The van der Waals surface area contributed by atoms with Crippen LogP contribution in [0.2, 0.25) is 5.02 Å².